The maximum Gasteiger partial charge on any atom is 0.272 e. The van der Waals surface area contributed by atoms with E-state index in [1.807, 2.05) is 109 Å². The third kappa shape index (κ3) is 6.18. The Balaban J connectivity index is 1.41. The van der Waals surface area contributed by atoms with Gasteiger partial charge in [0, 0.05) is 41.4 Å². The molecule has 0 spiro atoms. The lowest BCUT2D eigenvalue weighted by atomic mass is 10.0. The maximum atomic E-state index is 13.4. The standard InChI is InChI=1S/C34H32N4O2/c1-3-38(4-2)28-20-19-27(33(21-28)40-24-25-13-7-5-8-14-25)23-35-37-34(39)30-22-32(26-15-9-6-10-16-26)36-31-18-12-11-17-29(30)31/h5-23H,3-4,24H2,1-2H3,(H,37,39)/b35-23-. The van der Waals surface area contributed by atoms with Crippen molar-refractivity contribution >= 4 is 28.7 Å². The number of aromatic nitrogens is 1. The van der Waals surface area contributed by atoms with Crippen LogP contribution in [0, 0.1) is 0 Å². The zero-order valence-corrected chi connectivity index (χ0v) is 22.7. The fourth-order valence-corrected chi connectivity index (χ4v) is 4.62. The number of carbonyl (C=O) groups is 1. The number of nitrogens with zero attached hydrogens (tertiary/aromatic N) is 3. The highest BCUT2D eigenvalue weighted by Crippen LogP contribution is 2.27. The molecule has 6 heteroatoms. The average molecular weight is 529 g/mol. The summed E-state index contributed by atoms with van der Waals surface area (Å²) in [5.74, 6) is 0.394. The largest absolute Gasteiger partial charge is 0.488 e. The lowest BCUT2D eigenvalue weighted by Crippen LogP contribution is -2.22. The summed E-state index contributed by atoms with van der Waals surface area (Å²) in [4.78, 5) is 20.4. The topological polar surface area (TPSA) is 66.8 Å². The van der Waals surface area contributed by atoms with E-state index in [-0.39, 0.29) is 5.91 Å². The van der Waals surface area contributed by atoms with Gasteiger partial charge in [-0.1, -0.05) is 78.9 Å². The SMILES string of the molecule is CCN(CC)c1ccc(/C=N\NC(=O)c2cc(-c3ccccc3)nc3ccccc23)c(OCc2ccccc2)c1. The van der Waals surface area contributed by atoms with Crippen molar-refractivity contribution in [3.63, 3.8) is 0 Å². The number of hydrogen-bond donors (Lipinski definition) is 1. The molecule has 1 amide bonds. The number of amides is 1. The third-order valence-electron chi connectivity index (χ3n) is 6.76. The highest BCUT2D eigenvalue weighted by atomic mass is 16.5. The second-order valence-electron chi connectivity index (χ2n) is 9.31. The molecule has 5 rings (SSSR count). The number of nitrogens with one attached hydrogen (secondary N) is 1. The molecule has 0 bridgehead atoms. The first-order chi connectivity index (χ1) is 19.7. The van der Waals surface area contributed by atoms with Gasteiger partial charge < -0.3 is 9.64 Å². The zero-order chi connectivity index (χ0) is 27.7. The lowest BCUT2D eigenvalue weighted by Gasteiger charge is -2.22. The van der Waals surface area contributed by atoms with Crippen LogP contribution in [-0.4, -0.2) is 30.2 Å². The van der Waals surface area contributed by atoms with E-state index >= 15 is 0 Å². The molecule has 200 valence electrons. The number of anilines is 1. The van der Waals surface area contributed by atoms with Crippen LogP contribution in [0.2, 0.25) is 0 Å². The van der Waals surface area contributed by atoms with Crippen molar-refractivity contribution in [2.75, 3.05) is 18.0 Å². The first-order valence-corrected chi connectivity index (χ1v) is 13.5. The van der Waals surface area contributed by atoms with Crippen LogP contribution in [0.3, 0.4) is 0 Å². The minimum atomic E-state index is -0.307. The van der Waals surface area contributed by atoms with E-state index in [2.05, 4.69) is 29.3 Å². The van der Waals surface area contributed by atoms with Crippen molar-refractivity contribution in [2.24, 2.45) is 5.10 Å². The first kappa shape index (κ1) is 26.6. The van der Waals surface area contributed by atoms with Gasteiger partial charge in [0.1, 0.15) is 12.4 Å². The van der Waals surface area contributed by atoms with Crippen molar-refractivity contribution in [3.05, 3.63) is 126 Å². The molecule has 1 heterocycles. The number of rotatable bonds is 10. The predicted molar refractivity (Wildman–Crippen MR) is 163 cm³/mol. The number of ether oxygens (including phenoxy) is 1. The van der Waals surface area contributed by atoms with Crippen molar-refractivity contribution < 1.29 is 9.53 Å². The van der Waals surface area contributed by atoms with E-state index in [4.69, 9.17) is 9.72 Å². The molecule has 0 saturated heterocycles. The van der Waals surface area contributed by atoms with Gasteiger partial charge in [0.15, 0.2) is 0 Å². The quantitative estimate of drug-likeness (QED) is 0.155. The van der Waals surface area contributed by atoms with Crippen LogP contribution in [0.1, 0.15) is 35.3 Å². The molecule has 5 aromatic rings. The number of pyridine rings is 1. The van der Waals surface area contributed by atoms with Crippen LogP contribution in [0.15, 0.2) is 114 Å². The Kier molecular flexibility index (Phi) is 8.47. The highest BCUT2D eigenvalue weighted by Gasteiger charge is 2.14. The van der Waals surface area contributed by atoms with Crippen LogP contribution < -0.4 is 15.1 Å². The Morgan fingerprint density at radius 3 is 2.33 bits per heavy atom. The second kappa shape index (κ2) is 12.7. The number of benzene rings is 4. The van der Waals surface area contributed by atoms with E-state index < -0.39 is 0 Å². The summed E-state index contributed by atoms with van der Waals surface area (Å²) in [6, 6.07) is 35.4. The van der Waals surface area contributed by atoms with Crippen molar-refractivity contribution in [2.45, 2.75) is 20.5 Å². The minimum absolute atomic E-state index is 0.307. The van der Waals surface area contributed by atoms with Crippen molar-refractivity contribution in [1.29, 1.82) is 0 Å². The molecular formula is C34H32N4O2. The second-order valence-corrected chi connectivity index (χ2v) is 9.31. The molecule has 1 aromatic heterocycles. The van der Waals surface area contributed by atoms with Gasteiger partial charge in [-0.2, -0.15) is 5.10 Å². The number of carbonyl (C=O) groups excluding carboxylic acids is 1. The van der Waals surface area contributed by atoms with E-state index in [1.165, 1.54) is 0 Å². The summed E-state index contributed by atoms with van der Waals surface area (Å²) in [6.07, 6.45) is 1.63. The van der Waals surface area contributed by atoms with Gasteiger partial charge in [-0.25, -0.2) is 10.4 Å². The van der Waals surface area contributed by atoms with Crippen molar-refractivity contribution in [1.82, 2.24) is 10.4 Å². The Morgan fingerprint density at radius 2 is 1.57 bits per heavy atom. The zero-order valence-electron chi connectivity index (χ0n) is 22.7. The van der Waals surface area contributed by atoms with Gasteiger partial charge in [-0.05, 0) is 43.7 Å². The molecule has 0 radical (unpaired) electrons. The molecule has 40 heavy (non-hydrogen) atoms. The van der Waals surface area contributed by atoms with Gasteiger partial charge in [0.25, 0.3) is 5.91 Å². The summed E-state index contributed by atoms with van der Waals surface area (Å²) >= 11 is 0. The molecule has 0 atom stereocenters. The van der Waals surface area contributed by atoms with E-state index in [0.717, 1.165) is 52.1 Å². The van der Waals surface area contributed by atoms with E-state index in [0.29, 0.717) is 17.9 Å². The molecule has 0 saturated carbocycles. The van der Waals surface area contributed by atoms with Crippen LogP contribution in [0.25, 0.3) is 22.2 Å². The highest BCUT2D eigenvalue weighted by molar-refractivity contribution is 6.07. The summed E-state index contributed by atoms with van der Waals surface area (Å²) in [7, 11) is 0. The number of fused-ring (bicyclic) bond motifs is 1. The third-order valence-corrected chi connectivity index (χ3v) is 6.76. The maximum absolute atomic E-state index is 13.4. The lowest BCUT2D eigenvalue weighted by molar-refractivity contribution is 0.0956. The van der Waals surface area contributed by atoms with Gasteiger partial charge in [0.05, 0.1) is 23.0 Å². The predicted octanol–water partition coefficient (Wildman–Crippen LogP) is 7.09. The Morgan fingerprint density at radius 1 is 0.875 bits per heavy atom. The molecule has 4 aromatic carbocycles. The van der Waals surface area contributed by atoms with E-state index in [1.54, 1.807) is 6.21 Å². The average Bonchev–Trinajstić information content (AvgIpc) is 3.01. The minimum Gasteiger partial charge on any atom is -0.488 e. The normalized spacial score (nSPS) is 11.1. The fraction of sp³-hybridized carbons (Fsp3) is 0.147. The molecule has 0 aliphatic rings. The van der Waals surface area contributed by atoms with Gasteiger partial charge in [0.2, 0.25) is 0 Å². The van der Waals surface area contributed by atoms with Crippen LogP contribution in [0.4, 0.5) is 5.69 Å². The van der Waals surface area contributed by atoms with Crippen LogP contribution >= 0.6 is 0 Å². The fourth-order valence-electron chi connectivity index (χ4n) is 4.62. The summed E-state index contributed by atoms with van der Waals surface area (Å²) in [5.41, 5.74) is 8.58. The summed E-state index contributed by atoms with van der Waals surface area (Å²) in [5, 5.41) is 5.09. The van der Waals surface area contributed by atoms with E-state index in [9.17, 15) is 4.79 Å². The summed E-state index contributed by atoms with van der Waals surface area (Å²) < 4.78 is 6.23. The van der Waals surface area contributed by atoms with Gasteiger partial charge in [-0.3, -0.25) is 4.79 Å². The molecule has 6 nitrogen and oxygen atoms in total. The molecule has 0 fully saturated rings. The molecule has 0 aliphatic heterocycles. The van der Waals surface area contributed by atoms with Gasteiger partial charge >= 0.3 is 0 Å². The molecule has 0 unspecified atom stereocenters. The van der Waals surface area contributed by atoms with Crippen LogP contribution in [-0.2, 0) is 6.61 Å². The number of hydrazone groups is 1. The van der Waals surface area contributed by atoms with Crippen LogP contribution in [0.5, 0.6) is 5.75 Å². The Hall–Kier alpha value is -4.97. The number of para-hydroxylation sites is 1. The summed E-state index contributed by atoms with van der Waals surface area (Å²) in [6.45, 7) is 6.47. The molecule has 0 aliphatic carbocycles. The smallest absolute Gasteiger partial charge is 0.272 e. The number of hydrogen-bond acceptors (Lipinski definition) is 5. The molecule has 1 N–H and O–H groups in total. The Bertz CT molecular complexity index is 1610. The molecular weight excluding hydrogens is 496 g/mol. The van der Waals surface area contributed by atoms with Gasteiger partial charge in [-0.15, -0.1) is 0 Å². The Labute approximate surface area is 235 Å². The monoisotopic (exact) mass is 528 g/mol. The van der Waals surface area contributed by atoms with Crippen molar-refractivity contribution in [3.8, 4) is 17.0 Å². The first-order valence-electron chi connectivity index (χ1n) is 13.5.